The summed E-state index contributed by atoms with van der Waals surface area (Å²) in [5.74, 6) is 0.481. The van der Waals surface area contributed by atoms with Crippen molar-refractivity contribution < 1.29 is 9.53 Å². The molecule has 6 rings (SSSR count). The first-order chi connectivity index (χ1) is 17.7. The van der Waals surface area contributed by atoms with Crippen molar-refractivity contribution in [1.82, 2.24) is 29.5 Å². The molecule has 1 aromatic carbocycles. The van der Waals surface area contributed by atoms with Crippen molar-refractivity contribution in [3.63, 3.8) is 0 Å². The van der Waals surface area contributed by atoms with Crippen LogP contribution in [0.2, 0.25) is 0 Å². The quantitative estimate of drug-likeness (QED) is 0.400. The Bertz CT molecular complexity index is 1330. The number of aldehydes is 1. The van der Waals surface area contributed by atoms with Gasteiger partial charge in [-0.1, -0.05) is 12.1 Å². The second-order valence-corrected chi connectivity index (χ2v) is 10.4. The van der Waals surface area contributed by atoms with Gasteiger partial charge in [0.05, 0.1) is 41.2 Å². The number of carbonyl (C=O) groups excluding carboxylic acids is 1. The fourth-order valence-electron chi connectivity index (χ4n) is 5.09. The molecular formula is C26H29N7O2S. The third kappa shape index (κ3) is 4.64. The van der Waals surface area contributed by atoms with Gasteiger partial charge in [0, 0.05) is 49.7 Å². The van der Waals surface area contributed by atoms with Crippen LogP contribution in [0, 0.1) is 0 Å². The molecule has 2 fully saturated rings. The Morgan fingerprint density at radius 3 is 2.83 bits per heavy atom. The van der Waals surface area contributed by atoms with Crippen LogP contribution in [-0.2, 0) is 9.53 Å². The minimum absolute atomic E-state index is 0.0645. The summed E-state index contributed by atoms with van der Waals surface area (Å²) in [5.41, 5.74) is 10.1. The number of fused-ring (bicyclic) bond motifs is 1. The molecule has 0 saturated carbocycles. The maximum atomic E-state index is 10.9. The van der Waals surface area contributed by atoms with Crippen molar-refractivity contribution in [1.29, 1.82) is 0 Å². The van der Waals surface area contributed by atoms with Crippen LogP contribution in [0.3, 0.4) is 0 Å². The first kappa shape index (κ1) is 23.2. The Hall–Kier alpha value is -3.18. The number of nitrogen functional groups attached to an aromatic ring is 1. The number of hydrogen-bond donors (Lipinski definition) is 1. The molecule has 36 heavy (non-hydrogen) atoms. The maximum absolute atomic E-state index is 10.9. The highest BCUT2D eigenvalue weighted by Gasteiger charge is 2.30. The van der Waals surface area contributed by atoms with E-state index in [-0.39, 0.29) is 6.23 Å². The molecule has 0 spiro atoms. The van der Waals surface area contributed by atoms with Crippen LogP contribution in [0.5, 0.6) is 0 Å². The van der Waals surface area contributed by atoms with Crippen molar-refractivity contribution in [2.75, 3.05) is 45.1 Å². The molecule has 0 aliphatic carbocycles. The van der Waals surface area contributed by atoms with Crippen molar-refractivity contribution in [3.8, 4) is 21.7 Å². The lowest BCUT2D eigenvalue weighted by Crippen LogP contribution is -2.53. The van der Waals surface area contributed by atoms with E-state index in [1.54, 1.807) is 11.3 Å². The van der Waals surface area contributed by atoms with Crippen molar-refractivity contribution >= 4 is 33.7 Å². The summed E-state index contributed by atoms with van der Waals surface area (Å²) in [6.07, 6.45) is 8.87. The predicted molar refractivity (Wildman–Crippen MR) is 141 cm³/mol. The number of benzene rings is 1. The number of anilines is 1. The van der Waals surface area contributed by atoms with Crippen LogP contribution < -0.4 is 5.73 Å². The summed E-state index contributed by atoms with van der Waals surface area (Å²) < 4.78 is 9.21. The fraction of sp³-hybridized carbons (Fsp3) is 0.385. The first-order valence-electron chi connectivity index (χ1n) is 12.4. The minimum Gasteiger partial charge on any atom is -0.383 e. The molecule has 3 aromatic heterocycles. The highest BCUT2D eigenvalue weighted by atomic mass is 32.1. The second-order valence-electron chi connectivity index (χ2n) is 9.37. The summed E-state index contributed by atoms with van der Waals surface area (Å²) >= 11 is 1.62. The van der Waals surface area contributed by atoms with Crippen LogP contribution in [0.15, 0.2) is 48.9 Å². The number of carbonyl (C=O) groups is 1. The SMILES string of the molecule is Nc1ncc(-c2cnn(C3CCN(C4CN(CC=O)CCO4)CC3)c2)cc1-c1nc2ccccc2s1. The third-order valence-electron chi connectivity index (χ3n) is 7.12. The van der Waals surface area contributed by atoms with Crippen molar-refractivity contribution in [2.24, 2.45) is 0 Å². The molecule has 2 aliphatic rings. The Balaban J connectivity index is 1.15. The highest BCUT2D eigenvalue weighted by molar-refractivity contribution is 7.21. The largest absolute Gasteiger partial charge is 0.383 e. The molecule has 186 valence electrons. The van der Waals surface area contributed by atoms with E-state index in [4.69, 9.17) is 20.6 Å². The van der Waals surface area contributed by atoms with E-state index < -0.39 is 0 Å². The molecule has 0 amide bonds. The number of pyridine rings is 1. The van der Waals surface area contributed by atoms with E-state index in [0.717, 1.165) is 77.2 Å². The van der Waals surface area contributed by atoms with Gasteiger partial charge in [0.2, 0.25) is 0 Å². The smallest absolute Gasteiger partial charge is 0.133 e. The minimum atomic E-state index is 0.0645. The standard InChI is InChI=1S/C26H29N7O2S/c27-25-21(26-30-22-3-1-2-4-23(22)36-26)13-18(14-28-25)19-15-29-33(16-19)20-5-7-32(8-6-20)24-17-31(9-11-34)10-12-35-24/h1-4,11,13-16,20,24H,5-10,12,17H2,(H2,27,28). The number of piperidine rings is 1. The third-order valence-corrected chi connectivity index (χ3v) is 8.19. The van der Waals surface area contributed by atoms with E-state index in [1.165, 1.54) is 0 Å². The van der Waals surface area contributed by atoms with Crippen LogP contribution in [0.1, 0.15) is 18.9 Å². The van der Waals surface area contributed by atoms with E-state index in [1.807, 2.05) is 30.6 Å². The van der Waals surface area contributed by atoms with E-state index in [0.29, 0.717) is 25.0 Å². The Kier molecular flexibility index (Phi) is 6.49. The van der Waals surface area contributed by atoms with Gasteiger partial charge in [-0.15, -0.1) is 11.3 Å². The van der Waals surface area contributed by atoms with Gasteiger partial charge in [-0.05, 0) is 31.0 Å². The number of ether oxygens (including phenoxy) is 1. The zero-order valence-corrected chi connectivity index (χ0v) is 20.8. The maximum Gasteiger partial charge on any atom is 0.133 e. The number of nitrogens with two attached hydrogens (primary N) is 1. The van der Waals surface area contributed by atoms with Gasteiger partial charge < -0.3 is 15.3 Å². The molecule has 4 aromatic rings. The van der Waals surface area contributed by atoms with Gasteiger partial charge >= 0.3 is 0 Å². The topological polar surface area (TPSA) is 102 Å². The van der Waals surface area contributed by atoms with E-state index in [2.05, 4.69) is 37.8 Å². The number of para-hydroxylation sites is 1. The van der Waals surface area contributed by atoms with Gasteiger partial charge in [0.1, 0.15) is 23.3 Å². The number of hydrogen-bond acceptors (Lipinski definition) is 9. The molecule has 9 nitrogen and oxygen atoms in total. The van der Waals surface area contributed by atoms with Gasteiger partial charge in [-0.3, -0.25) is 14.5 Å². The van der Waals surface area contributed by atoms with E-state index >= 15 is 0 Å². The second kappa shape index (κ2) is 10.1. The molecule has 2 N–H and O–H groups in total. The molecule has 0 radical (unpaired) electrons. The van der Waals surface area contributed by atoms with Gasteiger partial charge in [0.25, 0.3) is 0 Å². The average molecular weight is 504 g/mol. The fourth-order valence-corrected chi connectivity index (χ4v) is 6.08. The number of likely N-dealkylation sites (tertiary alicyclic amines) is 1. The van der Waals surface area contributed by atoms with Crippen LogP contribution in [0.25, 0.3) is 31.9 Å². The summed E-state index contributed by atoms with van der Waals surface area (Å²) in [7, 11) is 0. The van der Waals surface area contributed by atoms with Crippen molar-refractivity contribution in [3.05, 3.63) is 48.9 Å². The van der Waals surface area contributed by atoms with Crippen molar-refractivity contribution in [2.45, 2.75) is 25.1 Å². The van der Waals surface area contributed by atoms with Crippen LogP contribution in [-0.4, -0.2) is 81.4 Å². The molecule has 1 atom stereocenters. The Morgan fingerprint density at radius 2 is 2.00 bits per heavy atom. The molecular weight excluding hydrogens is 474 g/mol. The lowest BCUT2D eigenvalue weighted by molar-refractivity contribution is -0.126. The summed E-state index contributed by atoms with van der Waals surface area (Å²) in [4.78, 5) is 24.7. The monoisotopic (exact) mass is 503 g/mol. The lowest BCUT2D eigenvalue weighted by atomic mass is 10.0. The highest BCUT2D eigenvalue weighted by Crippen LogP contribution is 2.35. The van der Waals surface area contributed by atoms with Gasteiger partial charge in [-0.25, -0.2) is 9.97 Å². The normalized spacial score (nSPS) is 20.2. The summed E-state index contributed by atoms with van der Waals surface area (Å²) in [6.45, 7) is 4.66. The Labute approximate surface area is 213 Å². The molecule has 2 aliphatic heterocycles. The molecule has 5 heterocycles. The lowest BCUT2D eigenvalue weighted by Gasteiger charge is -2.41. The number of thiazole rings is 1. The molecule has 10 heteroatoms. The number of nitrogens with zero attached hydrogens (tertiary/aromatic N) is 6. The van der Waals surface area contributed by atoms with Gasteiger partial charge in [-0.2, -0.15) is 5.10 Å². The summed E-state index contributed by atoms with van der Waals surface area (Å²) in [5, 5.41) is 5.57. The van der Waals surface area contributed by atoms with Gasteiger partial charge in [0.15, 0.2) is 0 Å². The summed E-state index contributed by atoms with van der Waals surface area (Å²) in [6, 6.07) is 10.5. The first-order valence-corrected chi connectivity index (χ1v) is 13.2. The number of aromatic nitrogens is 4. The predicted octanol–water partition coefficient (Wildman–Crippen LogP) is 3.30. The molecule has 2 saturated heterocycles. The number of morpholine rings is 1. The van der Waals surface area contributed by atoms with E-state index in [9.17, 15) is 4.79 Å². The average Bonchev–Trinajstić information content (AvgIpc) is 3.57. The molecule has 1 unspecified atom stereocenters. The zero-order chi connectivity index (χ0) is 24.5. The Morgan fingerprint density at radius 1 is 1.14 bits per heavy atom. The van der Waals surface area contributed by atoms with Crippen LogP contribution >= 0.6 is 11.3 Å². The molecule has 0 bridgehead atoms. The van der Waals surface area contributed by atoms with Crippen LogP contribution in [0.4, 0.5) is 5.82 Å². The number of rotatable bonds is 6. The zero-order valence-electron chi connectivity index (χ0n) is 20.0.